The Morgan fingerprint density at radius 1 is 1.39 bits per heavy atom. The lowest BCUT2D eigenvalue weighted by molar-refractivity contribution is 0.0556. The van der Waals surface area contributed by atoms with Crippen molar-refractivity contribution in [2.24, 2.45) is 0 Å². The van der Waals surface area contributed by atoms with Crippen molar-refractivity contribution < 1.29 is 19.0 Å². The van der Waals surface area contributed by atoms with E-state index >= 15 is 0 Å². The van der Waals surface area contributed by atoms with Crippen molar-refractivity contribution in [1.82, 2.24) is 9.88 Å². The Labute approximate surface area is 165 Å². The largest absolute Gasteiger partial charge is 0.474 e. The Balaban J connectivity index is 2.09. The standard InChI is InChI=1S/C20H29FN4O3/c1-12(2)28-18-13(11-22)10-16(21)17(24-18)23-14-6-8-15(9-7-14)25(19(26)27)20(3,4)5/h10,12,14-15H,6-9H2,1-5H3,(H,23,24)(H,26,27). The summed E-state index contributed by atoms with van der Waals surface area (Å²) in [6, 6.07) is 2.95. The number of carbonyl (C=O) groups is 1. The number of nitrogens with one attached hydrogen (secondary N) is 1. The number of aromatic nitrogens is 1. The molecule has 1 saturated carbocycles. The number of rotatable bonds is 5. The molecule has 0 saturated heterocycles. The zero-order chi connectivity index (χ0) is 21.1. The number of carboxylic acid groups (broad SMARTS) is 1. The quantitative estimate of drug-likeness (QED) is 0.771. The first-order valence-corrected chi connectivity index (χ1v) is 9.59. The van der Waals surface area contributed by atoms with Crippen LogP contribution in [0.15, 0.2) is 6.07 Å². The highest BCUT2D eigenvalue weighted by atomic mass is 19.1. The maximum absolute atomic E-state index is 14.4. The molecule has 28 heavy (non-hydrogen) atoms. The predicted octanol–water partition coefficient (Wildman–Crippen LogP) is 4.38. The van der Waals surface area contributed by atoms with E-state index in [4.69, 9.17) is 10.00 Å². The zero-order valence-corrected chi connectivity index (χ0v) is 17.1. The molecule has 2 rings (SSSR count). The van der Waals surface area contributed by atoms with E-state index in [1.54, 1.807) is 0 Å². The van der Waals surface area contributed by atoms with Gasteiger partial charge in [0.1, 0.15) is 11.6 Å². The lowest BCUT2D eigenvalue weighted by Crippen LogP contribution is -2.52. The SMILES string of the molecule is CC(C)Oc1nc(NC2CCC(N(C(=O)O)C(C)(C)C)CC2)c(F)cc1C#N. The lowest BCUT2D eigenvalue weighted by Gasteiger charge is -2.42. The number of nitriles is 1. The molecule has 1 amide bonds. The molecule has 1 aliphatic carbocycles. The van der Waals surface area contributed by atoms with E-state index in [-0.39, 0.29) is 35.4 Å². The number of halogens is 1. The molecule has 1 heterocycles. The number of nitrogens with zero attached hydrogens (tertiary/aromatic N) is 3. The van der Waals surface area contributed by atoms with Crippen molar-refractivity contribution in [2.45, 2.75) is 84.0 Å². The molecule has 0 unspecified atom stereocenters. The Hall–Kier alpha value is -2.56. The van der Waals surface area contributed by atoms with Crippen LogP contribution < -0.4 is 10.1 Å². The normalized spacial score (nSPS) is 19.8. The van der Waals surface area contributed by atoms with Gasteiger partial charge < -0.3 is 20.1 Å². The van der Waals surface area contributed by atoms with Gasteiger partial charge in [-0.2, -0.15) is 10.2 Å². The highest BCUT2D eigenvalue weighted by Gasteiger charge is 2.35. The average Bonchev–Trinajstić information content (AvgIpc) is 2.57. The second-order valence-corrected chi connectivity index (χ2v) is 8.42. The summed E-state index contributed by atoms with van der Waals surface area (Å²) < 4.78 is 19.9. The summed E-state index contributed by atoms with van der Waals surface area (Å²) in [6.45, 7) is 9.28. The van der Waals surface area contributed by atoms with Gasteiger partial charge in [0.25, 0.3) is 0 Å². The molecule has 8 heteroatoms. The number of hydrogen-bond acceptors (Lipinski definition) is 5. The van der Waals surface area contributed by atoms with Crippen molar-refractivity contribution in [3.63, 3.8) is 0 Å². The van der Waals surface area contributed by atoms with Gasteiger partial charge in [-0.1, -0.05) is 0 Å². The minimum atomic E-state index is -0.917. The topological polar surface area (TPSA) is 98.5 Å². The molecule has 0 radical (unpaired) electrons. The van der Waals surface area contributed by atoms with Crippen LogP contribution in [-0.2, 0) is 0 Å². The van der Waals surface area contributed by atoms with E-state index in [0.717, 1.165) is 6.07 Å². The van der Waals surface area contributed by atoms with Crippen molar-refractivity contribution in [1.29, 1.82) is 5.26 Å². The first-order chi connectivity index (χ1) is 13.0. The van der Waals surface area contributed by atoms with E-state index in [1.807, 2.05) is 40.7 Å². The van der Waals surface area contributed by atoms with Gasteiger partial charge in [0.05, 0.1) is 6.10 Å². The van der Waals surface area contributed by atoms with Gasteiger partial charge in [-0.25, -0.2) is 9.18 Å². The van der Waals surface area contributed by atoms with Gasteiger partial charge in [0.15, 0.2) is 11.6 Å². The van der Waals surface area contributed by atoms with Gasteiger partial charge in [0, 0.05) is 23.7 Å². The average molecular weight is 392 g/mol. The molecule has 1 aliphatic rings. The third-order valence-electron chi connectivity index (χ3n) is 4.74. The maximum atomic E-state index is 14.4. The number of hydrogen-bond donors (Lipinski definition) is 2. The summed E-state index contributed by atoms with van der Waals surface area (Å²) in [6.07, 6.45) is 1.67. The van der Waals surface area contributed by atoms with E-state index in [0.29, 0.717) is 25.7 Å². The predicted molar refractivity (Wildman–Crippen MR) is 104 cm³/mol. The van der Waals surface area contributed by atoms with Crippen molar-refractivity contribution in [3.05, 3.63) is 17.4 Å². The van der Waals surface area contributed by atoms with Crippen LogP contribution in [0.3, 0.4) is 0 Å². The maximum Gasteiger partial charge on any atom is 0.407 e. The lowest BCUT2D eigenvalue weighted by atomic mass is 9.88. The zero-order valence-electron chi connectivity index (χ0n) is 17.1. The van der Waals surface area contributed by atoms with Crippen LogP contribution in [0.1, 0.15) is 65.9 Å². The van der Waals surface area contributed by atoms with Crippen LogP contribution in [0.2, 0.25) is 0 Å². The summed E-state index contributed by atoms with van der Waals surface area (Å²) in [5, 5.41) is 21.8. The minimum absolute atomic E-state index is 0.0197. The molecule has 2 N–H and O–H groups in total. The molecule has 0 aliphatic heterocycles. The molecular weight excluding hydrogens is 363 g/mol. The van der Waals surface area contributed by atoms with E-state index in [9.17, 15) is 14.3 Å². The Morgan fingerprint density at radius 2 is 2.00 bits per heavy atom. The fourth-order valence-electron chi connectivity index (χ4n) is 3.63. The van der Waals surface area contributed by atoms with Gasteiger partial charge >= 0.3 is 6.09 Å². The van der Waals surface area contributed by atoms with E-state index in [1.165, 1.54) is 4.90 Å². The van der Waals surface area contributed by atoms with Crippen LogP contribution >= 0.6 is 0 Å². The van der Waals surface area contributed by atoms with E-state index in [2.05, 4.69) is 10.3 Å². The molecule has 154 valence electrons. The third kappa shape index (κ3) is 5.24. The number of ether oxygens (including phenoxy) is 1. The highest BCUT2D eigenvalue weighted by Crippen LogP contribution is 2.31. The molecular formula is C20H29FN4O3. The molecule has 0 aromatic carbocycles. The van der Waals surface area contributed by atoms with Gasteiger partial charge in [0.2, 0.25) is 5.88 Å². The van der Waals surface area contributed by atoms with Crippen LogP contribution in [0.5, 0.6) is 5.88 Å². The van der Waals surface area contributed by atoms with Gasteiger partial charge in [-0.05, 0) is 60.3 Å². The molecule has 1 aromatic rings. The van der Waals surface area contributed by atoms with E-state index < -0.39 is 17.4 Å². The highest BCUT2D eigenvalue weighted by molar-refractivity contribution is 5.66. The summed E-state index contributed by atoms with van der Waals surface area (Å²) >= 11 is 0. The fraction of sp³-hybridized carbons (Fsp3) is 0.650. The minimum Gasteiger partial charge on any atom is -0.474 e. The molecule has 0 atom stereocenters. The summed E-state index contributed by atoms with van der Waals surface area (Å²) in [5.41, 5.74) is -0.413. The van der Waals surface area contributed by atoms with Gasteiger partial charge in [-0.3, -0.25) is 0 Å². The third-order valence-corrected chi connectivity index (χ3v) is 4.74. The summed E-state index contributed by atoms with van der Waals surface area (Å²) in [4.78, 5) is 17.3. The van der Waals surface area contributed by atoms with Crippen LogP contribution in [0.4, 0.5) is 15.0 Å². The second kappa shape index (κ2) is 8.63. The first kappa shape index (κ1) is 21.7. The molecule has 1 aromatic heterocycles. The number of anilines is 1. The van der Waals surface area contributed by atoms with Crippen LogP contribution in [0.25, 0.3) is 0 Å². The Morgan fingerprint density at radius 3 is 2.46 bits per heavy atom. The fourth-order valence-corrected chi connectivity index (χ4v) is 3.63. The first-order valence-electron chi connectivity index (χ1n) is 9.59. The molecule has 0 spiro atoms. The monoisotopic (exact) mass is 392 g/mol. The summed E-state index contributed by atoms with van der Waals surface area (Å²) in [7, 11) is 0. The smallest absolute Gasteiger partial charge is 0.407 e. The van der Waals surface area contributed by atoms with Crippen LogP contribution in [0, 0.1) is 17.1 Å². The number of amides is 1. The van der Waals surface area contributed by atoms with Crippen molar-refractivity contribution in [3.8, 4) is 11.9 Å². The number of pyridine rings is 1. The summed E-state index contributed by atoms with van der Waals surface area (Å²) in [5.74, 6) is -0.430. The van der Waals surface area contributed by atoms with Crippen molar-refractivity contribution >= 4 is 11.9 Å². The van der Waals surface area contributed by atoms with Crippen molar-refractivity contribution in [2.75, 3.05) is 5.32 Å². The van der Waals surface area contributed by atoms with Gasteiger partial charge in [-0.15, -0.1) is 0 Å². The van der Waals surface area contributed by atoms with Crippen LogP contribution in [-0.4, -0.2) is 44.8 Å². The second-order valence-electron chi connectivity index (χ2n) is 8.42. The molecule has 1 fully saturated rings. The Bertz CT molecular complexity index is 747. The molecule has 0 bridgehead atoms. The molecule has 7 nitrogen and oxygen atoms in total. The Kier molecular flexibility index (Phi) is 6.70.